The minimum absolute atomic E-state index is 0.142. The Morgan fingerprint density at radius 2 is 1.82 bits per heavy atom. The molecule has 1 atom stereocenters. The van der Waals surface area contributed by atoms with E-state index in [4.69, 9.17) is 0 Å². The van der Waals surface area contributed by atoms with Crippen molar-refractivity contribution >= 4 is 17.9 Å². The van der Waals surface area contributed by atoms with Crippen molar-refractivity contribution in [1.82, 2.24) is 25.8 Å². The molecule has 0 saturated carbocycles. The van der Waals surface area contributed by atoms with Gasteiger partial charge in [0.05, 0.1) is 0 Å². The third-order valence-electron chi connectivity index (χ3n) is 5.20. The van der Waals surface area contributed by atoms with E-state index in [2.05, 4.69) is 53.5 Å². The van der Waals surface area contributed by atoms with E-state index in [9.17, 15) is 9.59 Å². The van der Waals surface area contributed by atoms with E-state index in [0.29, 0.717) is 38.0 Å². The van der Waals surface area contributed by atoms with E-state index in [1.807, 2.05) is 13.8 Å². The molecule has 28 heavy (non-hydrogen) atoms. The lowest BCUT2D eigenvalue weighted by Gasteiger charge is -2.30. The van der Waals surface area contributed by atoms with Crippen LogP contribution in [0.1, 0.15) is 61.3 Å². The summed E-state index contributed by atoms with van der Waals surface area (Å²) in [5.74, 6) is 0.627. The topological polar surface area (TPSA) is 89.1 Å². The monoisotopic (exact) mass is 396 g/mol. The Kier molecular flexibility index (Phi) is 9.72. The number of guanidine groups is 1. The van der Waals surface area contributed by atoms with Gasteiger partial charge in [-0.05, 0) is 54.4 Å². The van der Waals surface area contributed by atoms with Gasteiger partial charge in [0, 0.05) is 44.8 Å². The van der Waals surface area contributed by atoms with E-state index in [1.54, 1.807) is 6.92 Å². The zero-order valence-corrected chi connectivity index (χ0v) is 18.8. The van der Waals surface area contributed by atoms with Crippen LogP contribution >= 0.6 is 0 Å². The lowest BCUT2D eigenvalue weighted by molar-refractivity contribution is -0.130. The quantitative estimate of drug-likeness (QED) is 0.214. The maximum atomic E-state index is 12.4. The SMILES string of the molecule is CCNC(=NCCCN1C(=O)NC(C)(CC)C1=O)NCCN(C(C)C)C(C)C. The average molecular weight is 397 g/mol. The summed E-state index contributed by atoms with van der Waals surface area (Å²) in [6, 6.07) is 0.698. The Hall–Kier alpha value is -1.83. The van der Waals surface area contributed by atoms with Gasteiger partial charge in [-0.2, -0.15) is 0 Å². The van der Waals surface area contributed by atoms with Crippen molar-refractivity contribution in [2.45, 2.75) is 78.9 Å². The number of carbonyl (C=O) groups is 2. The highest BCUT2D eigenvalue weighted by Crippen LogP contribution is 2.20. The Labute approximate surface area is 170 Å². The van der Waals surface area contributed by atoms with E-state index in [1.165, 1.54) is 4.90 Å². The number of aliphatic imine (C=N–C) groups is 1. The number of nitrogens with zero attached hydrogens (tertiary/aromatic N) is 3. The van der Waals surface area contributed by atoms with E-state index < -0.39 is 5.54 Å². The summed E-state index contributed by atoms with van der Waals surface area (Å²) in [7, 11) is 0. The zero-order valence-electron chi connectivity index (χ0n) is 18.8. The van der Waals surface area contributed by atoms with Crippen LogP contribution in [0.25, 0.3) is 0 Å². The van der Waals surface area contributed by atoms with Crippen LogP contribution in [0.5, 0.6) is 0 Å². The first kappa shape index (κ1) is 24.2. The van der Waals surface area contributed by atoms with Crippen molar-refractivity contribution in [2.24, 2.45) is 4.99 Å². The number of hydrogen-bond donors (Lipinski definition) is 3. The Balaban J connectivity index is 2.48. The van der Waals surface area contributed by atoms with Crippen molar-refractivity contribution in [3.63, 3.8) is 0 Å². The minimum atomic E-state index is -0.768. The largest absolute Gasteiger partial charge is 0.357 e. The molecule has 3 amide bonds. The molecule has 8 heteroatoms. The normalized spacial score (nSPS) is 20.5. The number of nitrogens with one attached hydrogen (secondary N) is 3. The molecular formula is C20H40N6O2. The second-order valence-electron chi connectivity index (χ2n) is 8.04. The molecule has 1 heterocycles. The lowest BCUT2D eigenvalue weighted by atomic mass is 9.99. The fourth-order valence-corrected chi connectivity index (χ4v) is 3.37. The van der Waals surface area contributed by atoms with Gasteiger partial charge in [-0.3, -0.25) is 19.6 Å². The molecule has 162 valence electrons. The van der Waals surface area contributed by atoms with Gasteiger partial charge in [-0.25, -0.2) is 4.79 Å². The van der Waals surface area contributed by atoms with Crippen LogP contribution in [0, 0.1) is 0 Å². The molecule has 0 spiro atoms. The predicted octanol–water partition coefficient (Wildman–Crippen LogP) is 1.77. The average Bonchev–Trinajstić information content (AvgIpc) is 2.84. The summed E-state index contributed by atoms with van der Waals surface area (Å²) < 4.78 is 0. The van der Waals surface area contributed by atoms with Crippen LogP contribution < -0.4 is 16.0 Å². The van der Waals surface area contributed by atoms with Gasteiger partial charge in [0.15, 0.2) is 5.96 Å². The smallest absolute Gasteiger partial charge is 0.325 e. The third-order valence-corrected chi connectivity index (χ3v) is 5.20. The highest BCUT2D eigenvalue weighted by atomic mass is 16.2. The first-order valence-electron chi connectivity index (χ1n) is 10.6. The van der Waals surface area contributed by atoms with Gasteiger partial charge in [0.1, 0.15) is 5.54 Å². The maximum absolute atomic E-state index is 12.4. The van der Waals surface area contributed by atoms with Gasteiger partial charge in [0.25, 0.3) is 5.91 Å². The second-order valence-corrected chi connectivity index (χ2v) is 8.04. The predicted molar refractivity (Wildman–Crippen MR) is 115 cm³/mol. The number of amides is 3. The van der Waals surface area contributed by atoms with Crippen molar-refractivity contribution in [2.75, 3.05) is 32.7 Å². The van der Waals surface area contributed by atoms with Gasteiger partial charge >= 0.3 is 6.03 Å². The highest BCUT2D eigenvalue weighted by Gasteiger charge is 2.45. The summed E-state index contributed by atoms with van der Waals surface area (Å²) in [6.45, 7) is 18.0. The van der Waals surface area contributed by atoms with Crippen molar-refractivity contribution < 1.29 is 9.59 Å². The molecule has 1 aliphatic rings. The van der Waals surface area contributed by atoms with Crippen LogP contribution in [0.3, 0.4) is 0 Å². The van der Waals surface area contributed by atoms with E-state index in [-0.39, 0.29) is 11.9 Å². The number of rotatable bonds is 11. The van der Waals surface area contributed by atoms with Crippen LogP contribution in [0.15, 0.2) is 4.99 Å². The fraction of sp³-hybridized carbons (Fsp3) is 0.850. The van der Waals surface area contributed by atoms with Crippen LogP contribution in [-0.2, 0) is 4.79 Å². The van der Waals surface area contributed by atoms with Gasteiger partial charge in [-0.15, -0.1) is 0 Å². The first-order chi connectivity index (χ1) is 13.2. The van der Waals surface area contributed by atoms with Gasteiger partial charge in [-0.1, -0.05) is 6.92 Å². The Morgan fingerprint density at radius 3 is 2.32 bits per heavy atom. The molecule has 0 aliphatic carbocycles. The molecule has 1 unspecified atom stereocenters. The molecule has 1 aliphatic heterocycles. The molecule has 1 fully saturated rings. The summed E-state index contributed by atoms with van der Waals surface area (Å²) in [5.41, 5.74) is -0.768. The fourth-order valence-electron chi connectivity index (χ4n) is 3.37. The van der Waals surface area contributed by atoms with Gasteiger partial charge < -0.3 is 16.0 Å². The molecule has 8 nitrogen and oxygen atoms in total. The van der Waals surface area contributed by atoms with E-state index >= 15 is 0 Å². The molecule has 0 bridgehead atoms. The number of imide groups is 1. The van der Waals surface area contributed by atoms with Crippen molar-refractivity contribution in [3.05, 3.63) is 0 Å². The minimum Gasteiger partial charge on any atom is -0.357 e. The summed E-state index contributed by atoms with van der Waals surface area (Å²) in [6.07, 6.45) is 1.23. The van der Waals surface area contributed by atoms with Crippen molar-refractivity contribution in [1.29, 1.82) is 0 Å². The van der Waals surface area contributed by atoms with Gasteiger partial charge in [0.2, 0.25) is 0 Å². The standard InChI is InChI=1S/C20H40N6O2/c1-8-20(7)17(27)26(19(28)24-20)13-10-11-22-18(21-9-2)23-12-14-25(15(3)4)16(5)6/h15-16H,8-14H2,1-7H3,(H,24,28)(H2,21,22,23). The maximum Gasteiger partial charge on any atom is 0.325 e. The number of hydrogen-bond acceptors (Lipinski definition) is 4. The molecule has 1 saturated heterocycles. The molecule has 1 rings (SSSR count). The van der Waals surface area contributed by atoms with E-state index in [0.717, 1.165) is 25.6 Å². The number of urea groups is 1. The molecule has 3 N–H and O–H groups in total. The Bertz CT molecular complexity index is 541. The molecule has 0 aromatic heterocycles. The third kappa shape index (κ3) is 6.65. The summed E-state index contributed by atoms with van der Waals surface area (Å²) in [4.78, 5) is 32.7. The van der Waals surface area contributed by atoms with Crippen molar-refractivity contribution in [3.8, 4) is 0 Å². The highest BCUT2D eigenvalue weighted by molar-refractivity contribution is 6.06. The molecule has 0 aromatic rings. The first-order valence-corrected chi connectivity index (χ1v) is 10.6. The zero-order chi connectivity index (χ0) is 21.3. The summed E-state index contributed by atoms with van der Waals surface area (Å²) >= 11 is 0. The lowest BCUT2D eigenvalue weighted by Crippen LogP contribution is -2.45. The Morgan fingerprint density at radius 1 is 1.18 bits per heavy atom. The molecular weight excluding hydrogens is 356 g/mol. The van der Waals surface area contributed by atoms with Crippen LogP contribution in [0.2, 0.25) is 0 Å². The number of carbonyl (C=O) groups excluding carboxylic acids is 2. The second kappa shape index (κ2) is 11.2. The van der Waals surface area contributed by atoms with Crippen LogP contribution in [0.4, 0.5) is 4.79 Å². The van der Waals surface area contributed by atoms with Crippen LogP contribution in [-0.4, -0.2) is 78.0 Å². The molecule has 0 radical (unpaired) electrons. The summed E-state index contributed by atoms with van der Waals surface area (Å²) in [5, 5.41) is 9.39. The molecule has 0 aromatic carbocycles.